The van der Waals surface area contributed by atoms with Gasteiger partial charge in [-0.1, -0.05) is 39.0 Å². The van der Waals surface area contributed by atoms with Gasteiger partial charge in [-0.3, -0.25) is 0 Å². The lowest BCUT2D eigenvalue weighted by Crippen LogP contribution is -2.28. The Hall–Kier alpha value is -0.830. The molecule has 0 aliphatic rings. The molecule has 1 aromatic rings. The van der Waals surface area contributed by atoms with E-state index in [9.17, 15) is 0 Å². The van der Waals surface area contributed by atoms with Gasteiger partial charge in [0.2, 0.25) is 0 Å². The summed E-state index contributed by atoms with van der Waals surface area (Å²) in [7, 11) is 2.06. The maximum Gasteiger partial charge on any atom is 0.109 e. The molecule has 1 unspecified atom stereocenters. The third kappa shape index (κ3) is 6.20. The van der Waals surface area contributed by atoms with E-state index in [0.717, 1.165) is 18.8 Å². The van der Waals surface area contributed by atoms with E-state index in [1.54, 1.807) is 0 Å². The van der Waals surface area contributed by atoms with Gasteiger partial charge in [0.05, 0.1) is 0 Å². The lowest BCUT2D eigenvalue weighted by molar-refractivity contribution is 0.479. The van der Waals surface area contributed by atoms with Crippen molar-refractivity contribution < 1.29 is 0 Å². The minimum absolute atomic E-state index is 0.631. The average Bonchev–Trinajstić information content (AvgIpc) is 2.75. The highest BCUT2D eigenvalue weighted by Gasteiger charge is 2.03. The molecule has 1 aromatic heterocycles. The number of aromatic nitrogens is 2. The SMILES string of the molecule is CCCCCCCC(C)NCCc1nccn1C. The second-order valence-electron chi connectivity index (χ2n) is 5.26. The fourth-order valence-electron chi connectivity index (χ4n) is 2.22. The van der Waals surface area contributed by atoms with E-state index in [-0.39, 0.29) is 0 Å². The molecule has 0 aromatic carbocycles. The van der Waals surface area contributed by atoms with Gasteiger partial charge in [0, 0.05) is 38.4 Å². The Morgan fingerprint density at radius 1 is 1.28 bits per heavy atom. The van der Waals surface area contributed by atoms with Crippen LogP contribution in [0.1, 0.15) is 58.2 Å². The largest absolute Gasteiger partial charge is 0.338 e. The molecule has 104 valence electrons. The Morgan fingerprint density at radius 2 is 2.06 bits per heavy atom. The highest BCUT2D eigenvalue weighted by atomic mass is 15.0. The van der Waals surface area contributed by atoms with Crippen molar-refractivity contribution in [3.05, 3.63) is 18.2 Å². The van der Waals surface area contributed by atoms with E-state index in [1.165, 1.54) is 38.5 Å². The maximum absolute atomic E-state index is 4.33. The first kappa shape index (κ1) is 15.2. The molecule has 0 amide bonds. The number of imidazole rings is 1. The van der Waals surface area contributed by atoms with Crippen molar-refractivity contribution in [2.24, 2.45) is 7.05 Å². The summed E-state index contributed by atoms with van der Waals surface area (Å²) < 4.78 is 2.09. The molecule has 0 saturated heterocycles. The van der Waals surface area contributed by atoms with Gasteiger partial charge in [-0.25, -0.2) is 4.98 Å². The molecule has 1 atom stereocenters. The Balaban J connectivity index is 2.00. The van der Waals surface area contributed by atoms with Crippen LogP contribution in [-0.4, -0.2) is 22.1 Å². The van der Waals surface area contributed by atoms with Crippen LogP contribution in [0.25, 0.3) is 0 Å². The maximum atomic E-state index is 4.33. The van der Waals surface area contributed by atoms with Crippen molar-refractivity contribution in [3.8, 4) is 0 Å². The smallest absolute Gasteiger partial charge is 0.109 e. The van der Waals surface area contributed by atoms with Gasteiger partial charge in [0.1, 0.15) is 5.82 Å². The minimum Gasteiger partial charge on any atom is -0.338 e. The van der Waals surface area contributed by atoms with Crippen LogP contribution >= 0.6 is 0 Å². The molecule has 0 fully saturated rings. The summed E-state index contributed by atoms with van der Waals surface area (Å²) in [6, 6.07) is 0.631. The van der Waals surface area contributed by atoms with Crippen molar-refractivity contribution in [1.82, 2.24) is 14.9 Å². The standard InChI is InChI=1S/C15H29N3/c1-4-5-6-7-8-9-14(2)16-11-10-15-17-12-13-18(15)3/h12-14,16H,4-11H2,1-3H3. The number of nitrogens with one attached hydrogen (secondary N) is 1. The van der Waals surface area contributed by atoms with Crippen LogP contribution in [0, 0.1) is 0 Å². The van der Waals surface area contributed by atoms with Crippen molar-refractivity contribution in [1.29, 1.82) is 0 Å². The summed E-state index contributed by atoms with van der Waals surface area (Å²) in [5.74, 6) is 1.16. The van der Waals surface area contributed by atoms with Crippen molar-refractivity contribution in [2.75, 3.05) is 6.54 Å². The topological polar surface area (TPSA) is 29.9 Å². The van der Waals surface area contributed by atoms with E-state index < -0.39 is 0 Å². The van der Waals surface area contributed by atoms with Crippen LogP contribution < -0.4 is 5.32 Å². The van der Waals surface area contributed by atoms with Crippen molar-refractivity contribution in [2.45, 2.75) is 64.8 Å². The first-order valence-electron chi connectivity index (χ1n) is 7.43. The molecule has 1 heterocycles. The molecule has 18 heavy (non-hydrogen) atoms. The van der Waals surface area contributed by atoms with Crippen LogP contribution in [0.3, 0.4) is 0 Å². The number of nitrogens with zero attached hydrogens (tertiary/aromatic N) is 2. The summed E-state index contributed by atoms with van der Waals surface area (Å²) in [5, 5.41) is 3.59. The number of aryl methyl sites for hydroxylation is 1. The molecule has 0 radical (unpaired) electrons. The van der Waals surface area contributed by atoms with Gasteiger partial charge in [-0.2, -0.15) is 0 Å². The number of rotatable bonds is 10. The minimum atomic E-state index is 0.631. The molecule has 0 saturated carbocycles. The van der Waals surface area contributed by atoms with Crippen molar-refractivity contribution in [3.63, 3.8) is 0 Å². The summed E-state index contributed by atoms with van der Waals surface area (Å²) in [6.45, 7) is 5.58. The Morgan fingerprint density at radius 3 is 2.72 bits per heavy atom. The first-order valence-corrected chi connectivity index (χ1v) is 7.43. The Bertz CT molecular complexity index is 306. The molecule has 3 heteroatoms. The fourth-order valence-corrected chi connectivity index (χ4v) is 2.22. The average molecular weight is 251 g/mol. The second kappa shape index (κ2) is 9.15. The van der Waals surface area contributed by atoms with E-state index in [1.807, 2.05) is 12.4 Å². The zero-order valence-electron chi connectivity index (χ0n) is 12.3. The summed E-state index contributed by atoms with van der Waals surface area (Å²) >= 11 is 0. The molecule has 0 aliphatic heterocycles. The van der Waals surface area contributed by atoms with Gasteiger partial charge >= 0.3 is 0 Å². The molecule has 0 aliphatic carbocycles. The van der Waals surface area contributed by atoms with Gasteiger partial charge in [-0.05, 0) is 13.3 Å². The number of hydrogen-bond donors (Lipinski definition) is 1. The molecule has 0 bridgehead atoms. The molecular weight excluding hydrogens is 222 g/mol. The Labute approximate surface area is 112 Å². The second-order valence-corrected chi connectivity index (χ2v) is 5.26. The van der Waals surface area contributed by atoms with E-state index >= 15 is 0 Å². The molecule has 3 nitrogen and oxygen atoms in total. The lowest BCUT2D eigenvalue weighted by atomic mass is 10.1. The van der Waals surface area contributed by atoms with E-state index in [4.69, 9.17) is 0 Å². The lowest BCUT2D eigenvalue weighted by Gasteiger charge is -2.13. The predicted molar refractivity (Wildman–Crippen MR) is 77.8 cm³/mol. The number of unbranched alkanes of at least 4 members (excludes halogenated alkanes) is 4. The quantitative estimate of drug-likeness (QED) is 0.647. The zero-order chi connectivity index (χ0) is 13.2. The van der Waals surface area contributed by atoms with Gasteiger partial charge < -0.3 is 9.88 Å². The van der Waals surface area contributed by atoms with E-state index in [2.05, 4.69) is 35.8 Å². The number of hydrogen-bond acceptors (Lipinski definition) is 2. The van der Waals surface area contributed by atoms with Crippen LogP contribution in [0.2, 0.25) is 0 Å². The summed E-state index contributed by atoms with van der Waals surface area (Å²) in [5.41, 5.74) is 0. The third-order valence-electron chi connectivity index (χ3n) is 3.50. The molecule has 0 spiro atoms. The summed E-state index contributed by atoms with van der Waals surface area (Å²) in [4.78, 5) is 4.33. The van der Waals surface area contributed by atoms with E-state index in [0.29, 0.717) is 6.04 Å². The van der Waals surface area contributed by atoms with Crippen LogP contribution in [-0.2, 0) is 13.5 Å². The molecule has 1 rings (SSSR count). The fraction of sp³-hybridized carbons (Fsp3) is 0.800. The highest BCUT2D eigenvalue weighted by Crippen LogP contribution is 2.07. The first-order chi connectivity index (χ1) is 8.74. The van der Waals surface area contributed by atoms with Crippen molar-refractivity contribution >= 4 is 0 Å². The highest BCUT2D eigenvalue weighted by molar-refractivity contribution is 4.91. The molecular formula is C15H29N3. The van der Waals surface area contributed by atoms with Crippen LogP contribution in [0.5, 0.6) is 0 Å². The predicted octanol–water partition coefficient (Wildman–Crippen LogP) is 3.30. The van der Waals surface area contributed by atoms with Gasteiger partial charge in [0.15, 0.2) is 0 Å². The summed E-state index contributed by atoms with van der Waals surface area (Å²) in [6.07, 6.45) is 13.1. The van der Waals surface area contributed by atoms with Crippen LogP contribution in [0.15, 0.2) is 12.4 Å². The molecule has 1 N–H and O–H groups in total. The van der Waals surface area contributed by atoms with Crippen LogP contribution in [0.4, 0.5) is 0 Å². The third-order valence-corrected chi connectivity index (χ3v) is 3.50. The van der Waals surface area contributed by atoms with Gasteiger partial charge in [-0.15, -0.1) is 0 Å². The monoisotopic (exact) mass is 251 g/mol. The van der Waals surface area contributed by atoms with Gasteiger partial charge in [0.25, 0.3) is 0 Å². The Kier molecular flexibility index (Phi) is 7.74. The zero-order valence-corrected chi connectivity index (χ0v) is 12.3. The normalized spacial score (nSPS) is 12.8.